The molecule has 0 heterocycles. The molecule has 0 spiro atoms. The molecule has 0 aromatic rings. The minimum absolute atomic E-state index is 0.102. The molecule has 1 fully saturated rings. The molecule has 0 bridgehead atoms. The number of hydrogen-bond donors (Lipinski definition) is 0. The molecule has 0 radical (unpaired) electrons. The van der Waals surface area contributed by atoms with E-state index in [1.54, 1.807) is 0 Å². The minimum Gasteiger partial charge on any atom is -0.452 e. The quantitative estimate of drug-likeness (QED) is 0.559. The van der Waals surface area contributed by atoms with E-state index in [0.29, 0.717) is 0 Å². The Morgan fingerprint density at radius 2 is 1.90 bits per heavy atom. The number of ether oxygens (including phenoxy) is 1. The Morgan fingerprint density at radius 1 is 1.40 bits per heavy atom. The molecular weight excluding hydrogens is 149 g/mol. The largest absolute Gasteiger partial charge is 0.452 e. The fourth-order valence-electron chi connectivity index (χ4n) is 0.674. The van der Waals surface area contributed by atoms with E-state index in [1.165, 1.54) is 0 Å². The molecule has 5 heteroatoms. The lowest BCUT2D eigenvalue weighted by atomic mass is 10.3. The van der Waals surface area contributed by atoms with E-state index in [2.05, 4.69) is 4.74 Å². The molecule has 0 aromatic carbocycles. The Hall–Kier alpha value is -0.740. The van der Waals surface area contributed by atoms with E-state index in [1.807, 2.05) is 0 Å². The van der Waals surface area contributed by atoms with Crippen LogP contribution in [0.2, 0.25) is 0 Å². The first-order chi connectivity index (χ1) is 4.52. The monoisotopic (exact) mass is 154 g/mol. The Balaban J connectivity index is 2.60. The van der Waals surface area contributed by atoms with Crippen molar-refractivity contribution in [3.8, 4) is 0 Å². The first kappa shape index (κ1) is 7.37. The molecule has 0 unspecified atom stereocenters. The molecule has 58 valence electrons. The van der Waals surface area contributed by atoms with Crippen molar-refractivity contribution in [2.45, 2.75) is 24.6 Å². The topological polar surface area (TPSA) is 26.3 Å². The summed E-state index contributed by atoms with van der Waals surface area (Å²) < 4.78 is 39.3. The second-order valence-corrected chi connectivity index (χ2v) is 2.21. The van der Waals surface area contributed by atoms with Gasteiger partial charge in [-0.05, 0) is 0 Å². The van der Waals surface area contributed by atoms with Gasteiger partial charge in [0.05, 0.1) is 0 Å². The van der Waals surface area contributed by atoms with Crippen LogP contribution in [-0.4, -0.2) is 18.2 Å². The van der Waals surface area contributed by atoms with Crippen molar-refractivity contribution in [2.24, 2.45) is 0 Å². The molecular formula is C5H5F3O2. The molecule has 2 nitrogen and oxygen atoms in total. The Labute approximate surface area is 55.0 Å². The lowest BCUT2D eigenvalue weighted by Gasteiger charge is -2.16. The summed E-state index contributed by atoms with van der Waals surface area (Å²) in [6, 6.07) is 0. The summed E-state index contributed by atoms with van der Waals surface area (Å²) in [6.07, 6.45) is -4.60. The van der Waals surface area contributed by atoms with E-state index < -0.39 is 11.8 Å². The van der Waals surface area contributed by atoms with Gasteiger partial charge in [-0.3, -0.25) is 4.79 Å². The average Bonchev–Trinajstić information content (AvgIpc) is 2.45. The highest BCUT2D eigenvalue weighted by Crippen LogP contribution is 2.51. The Morgan fingerprint density at radius 3 is 2.00 bits per heavy atom. The van der Waals surface area contributed by atoms with Gasteiger partial charge in [-0.15, -0.1) is 0 Å². The van der Waals surface area contributed by atoms with Crippen LogP contribution < -0.4 is 0 Å². The van der Waals surface area contributed by atoms with Gasteiger partial charge in [0.15, 0.2) is 0 Å². The van der Waals surface area contributed by atoms with Crippen molar-refractivity contribution >= 4 is 6.47 Å². The van der Waals surface area contributed by atoms with Crippen molar-refractivity contribution in [3.63, 3.8) is 0 Å². The summed E-state index contributed by atoms with van der Waals surface area (Å²) in [6.45, 7) is -0.152. The molecule has 0 aromatic heterocycles. The van der Waals surface area contributed by atoms with Crippen LogP contribution in [-0.2, 0) is 9.53 Å². The zero-order valence-electron chi connectivity index (χ0n) is 4.94. The summed E-state index contributed by atoms with van der Waals surface area (Å²) in [7, 11) is 0. The highest BCUT2D eigenvalue weighted by atomic mass is 19.4. The predicted molar refractivity (Wildman–Crippen MR) is 25.2 cm³/mol. The smallest absolute Gasteiger partial charge is 0.428 e. The van der Waals surface area contributed by atoms with Gasteiger partial charge in [-0.2, -0.15) is 13.2 Å². The molecule has 1 aliphatic rings. The van der Waals surface area contributed by atoms with Crippen LogP contribution in [0, 0.1) is 0 Å². The van der Waals surface area contributed by atoms with Crippen molar-refractivity contribution in [1.82, 2.24) is 0 Å². The predicted octanol–water partition coefficient (Wildman–Crippen LogP) is 1.25. The van der Waals surface area contributed by atoms with Crippen molar-refractivity contribution in [3.05, 3.63) is 0 Å². The third-order valence-electron chi connectivity index (χ3n) is 1.49. The van der Waals surface area contributed by atoms with Gasteiger partial charge in [0.1, 0.15) is 0 Å². The normalized spacial score (nSPS) is 21.9. The van der Waals surface area contributed by atoms with Gasteiger partial charge < -0.3 is 4.74 Å². The number of rotatable bonds is 2. The van der Waals surface area contributed by atoms with Crippen molar-refractivity contribution in [2.75, 3.05) is 0 Å². The van der Waals surface area contributed by atoms with E-state index in [-0.39, 0.29) is 19.3 Å². The van der Waals surface area contributed by atoms with Gasteiger partial charge >= 0.3 is 6.18 Å². The first-order valence-corrected chi connectivity index (χ1v) is 2.70. The molecule has 0 N–H and O–H groups in total. The zero-order chi connectivity index (χ0) is 7.83. The van der Waals surface area contributed by atoms with Crippen LogP contribution >= 0.6 is 0 Å². The number of alkyl halides is 3. The second kappa shape index (κ2) is 1.87. The molecule has 10 heavy (non-hydrogen) atoms. The van der Waals surface area contributed by atoms with Crippen LogP contribution in [0.4, 0.5) is 13.2 Å². The fourth-order valence-corrected chi connectivity index (χ4v) is 0.674. The maximum atomic E-state index is 11.8. The summed E-state index contributed by atoms with van der Waals surface area (Å²) >= 11 is 0. The summed E-state index contributed by atoms with van der Waals surface area (Å²) in [5.74, 6) is 0. The lowest BCUT2D eigenvalue weighted by Crippen LogP contribution is -2.33. The molecule has 1 rings (SSSR count). The molecule has 0 amide bonds. The number of halogens is 3. The molecule has 0 saturated heterocycles. The molecule has 0 atom stereocenters. The second-order valence-electron chi connectivity index (χ2n) is 2.21. The highest BCUT2D eigenvalue weighted by Gasteiger charge is 2.66. The SMILES string of the molecule is O=COC1(C(F)(F)F)CC1. The Kier molecular flexibility index (Phi) is 1.38. The van der Waals surface area contributed by atoms with Gasteiger partial charge in [-0.1, -0.05) is 0 Å². The minimum atomic E-state index is -4.39. The lowest BCUT2D eigenvalue weighted by molar-refractivity contribution is -0.227. The highest BCUT2D eigenvalue weighted by molar-refractivity contribution is 5.40. The number of carbonyl (C=O) groups excluding carboxylic acids is 1. The number of hydrogen-bond acceptors (Lipinski definition) is 2. The van der Waals surface area contributed by atoms with Crippen LogP contribution in [0.1, 0.15) is 12.8 Å². The van der Waals surface area contributed by atoms with Gasteiger partial charge in [0, 0.05) is 12.8 Å². The summed E-state index contributed by atoms with van der Waals surface area (Å²) in [5, 5.41) is 0. The van der Waals surface area contributed by atoms with Gasteiger partial charge in [-0.25, -0.2) is 0 Å². The summed E-state index contributed by atoms with van der Waals surface area (Å²) in [4.78, 5) is 9.58. The van der Waals surface area contributed by atoms with E-state index in [4.69, 9.17) is 0 Å². The fraction of sp³-hybridized carbons (Fsp3) is 0.800. The van der Waals surface area contributed by atoms with E-state index >= 15 is 0 Å². The maximum Gasteiger partial charge on any atom is 0.428 e. The van der Waals surface area contributed by atoms with Crippen molar-refractivity contribution in [1.29, 1.82) is 0 Å². The molecule has 1 aliphatic carbocycles. The third-order valence-corrected chi connectivity index (χ3v) is 1.49. The Bertz CT molecular complexity index is 147. The third kappa shape index (κ3) is 0.955. The summed E-state index contributed by atoms with van der Waals surface area (Å²) in [5.41, 5.74) is -2.13. The standard InChI is InChI=1S/C5H5F3O2/c6-5(7,8)4(1-2-4)10-3-9/h3H,1-2H2. The zero-order valence-corrected chi connectivity index (χ0v) is 4.94. The van der Waals surface area contributed by atoms with E-state index in [0.717, 1.165) is 0 Å². The maximum absolute atomic E-state index is 11.8. The van der Waals surface area contributed by atoms with Gasteiger partial charge in [0.2, 0.25) is 5.60 Å². The first-order valence-electron chi connectivity index (χ1n) is 2.70. The van der Waals surface area contributed by atoms with Crippen LogP contribution in [0.25, 0.3) is 0 Å². The van der Waals surface area contributed by atoms with Gasteiger partial charge in [0.25, 0.3) is 6.47 Å². The van der Waals surface area contributed by atoms with Crippen LogP contribution in [0.15, 0.2) is 0 Å². The van der Waals surface area contributed by atoms with E-state index in [9.17, 15) is 18.0 Å². The molecule has 1 saturated carbocycles. The molecule has 0 aliphatic heterocycles. The average molecular weight is 154 g/mol. The number of carbonyl (C=O) groups is 1. The van der Waals surface area contributed by atoms with Crippen molar-refractivity contribution < 1.29 is 22.7 Å². The van der Waals surface area contributed by atoms with Crippen LogP contribution in [0.3, 0.4) is 0 Å². The van der Waals surface area contributed by atoms with Crippen LogP contribution in [0.5, 0.6) is 0 Å².